The lowest BCUT2D eigenvalue weighted by molar-refractivity contribution is -0.132. The van der Waals surface area contributed by atoms with Crippen molar-refractivity contribution >= 4 is 27.5 Å². The number of sulfonamides is 1. The van der Waals surface area contributed by atoms with E-state index in [0.29, 0.717) is 25.3 Å². The molecule has 1 aliphatic heterocycles. The van der Waals surface area contributed by atoms with Gasteiger partial charge in [0.1, 0.15) is 10.6 Å². The van der Waals surface area contributed by atoms with E-state index in [9.17, 15) is 13.2 Å². The van der Waals surface area contributed by atoms with Crippen LogP contribution in [-0.2, 0) is 14.8 Å². The van der Waals surface area contributed by atoms with Crippen molar-refractivity contribution in [2.45, 2.75) is 31.1 Å². The molecule has 0 unspecified atom stereocenters. The van der Waals surface area contributed by atoms with Gasteiger partial charge in [-0.1, -0.05) is 24.9 Å². The molecule has 24 heavy (non-hydrogen) atoms. The predicted molar refractivity (Wildman–Crippen MR) is 92.9 cm³/mol. The summed E-state index contributed by atoms with van der Waals surface area (Å²) in [5.41, 5.74) is 0. The number of rotatable bonds is 6. The van der Waals surface area contributed by atoms with Crippen molar-refractivity contribution in [3.8, 4) is 5.75 Å². The van der Waals surface area contributed by atoms with E-state index in [2.05, 4.69) is 0 Å². The number of nitrogens with zero attached hydrogens (tertiary/aromatic N) is 2. The van der Waals surface area contributed by atoms with Crippen molar-refractivity contribution in [1.82, 2.24) is 9.21 Å². The Morgan fingerprint density at radius 2 is 1.92 bits per heavy atom. The average Bonchev–Trinajstić information content (AvgIpc) is 2.59. The quantitative estimate of drug-likeness (QED) is 0.766. The van der Waals surface area contributed by atoms with Crippen molar-refractivity contribution in [2.75, 3.05) is 33.3 Å². The standard InChI is InChI=1S/C16H23ClN2O4S/c1-3-4-5-16(20)18-8-10-19(11-9-18)24(21,22)15-7-6-13(23-2)12-14(15)17/h6-7,12H,3-5,8-11H2,1-2H3. The zero-order valence-electron chi connectivity index (χ0n) is 14.0. The van der Waals surface area contributed by atoms with Gasteiger partial charge in [-0.25, -0.2) is 8.42 Å². The minimum atomic E-state index is -3.68. The van der Waals surface area contributed by atoms with Crippen LogP contribution in [-0.4, -0.2) is 56.8 Å². The van der Waals surface area contributed by atoms with Gasteiger partial charge in [0, 0.05) is 38.7 Å². The highest BCUT2D eigenvalue weighted by molar-refractivity contribution is 7.89. The Balaban J connectivity index is 2.06. The summed E-state index contributed by atoms with van der Waals surface area (Å²) in [4.78, 5) is 13.8. The van der Waals surface area contributed by atoms with Crippen LogP contribution in [0.25, 0.3) is 0 Å². The Hall–Kier alpha value is -1.31. The van der Waals surface area contributed by atoms with Crippen LogP contribution in [0.15, 0.2) is 23.1 Å². The van der Waals surface area contributed by atoms with Gasteiger partial charge in [-0.15, -0.1) is 0 Å². The molecule has 2 rings (SSSR count). The third-order valence-corrected chi connectivity index (χ3v) is 6.47. The molecule has 1 aliphatic rings. The summed E-state index contributed by atoms with van der Waals surface area (Å²) in [5, 5.41) is 0.135. The molecule has 1 fully saturated rings. The van der Waals surface area contributed by atoms with E-state index >= 15 is 0 Å². The van der Waals surface area contributed by atoms with Gasteiger partial charge in [0.05, 0.1) is 12.1 Å². The van der Waals surface area contributed by atoms with Gasteiger partial charge in [0.15, 0.2) is 0 Å². The Bertz CT molecular complexity index is 685. The van der Waals surface area contributed by atoms with Gasteiger partial charge in [-0.3, -0.25) is 4.79 Å². The molecule has 0 N–H and O–H groups in total. The first-order valence-electron chi connectivity index (χ1n) is 8.01. The van der Waals surface area contributed by atoms with E-state index < -0.39 is 10.0 Å². The molecular weight excluding hydrogens is 352 g/mol. The van der Waals surface area contributed by atoms with Gasteiger partial charge < -0.3 is 9.64 Å². The number of amides is 1. The Morgan fingerprint density at radius 3 is 2.46 bits per heavy atom. The molecule has 1 aromatic carbocycles. The summed E-state index contributed by atoms with van der Waals surface area (Å²) in [6.07, 6.45) is 2.35. The van der Waals surface area contributed by atoms with Gasteiger partial charge in [0.25, 0.3) is 0 Å². The summed E-state index contributed by atoms with van der Waals surface area (Å²) in [5.74, 6) is 0.599. The SMILES string of the molecule is CCCCC(=O)N1CCN(S(=O)(=O)c2ccc(OC)cc2Cl)CC1. The van der Waals surface area contributed by atoms with E-state index in [0.717, 1.165) is 12.8 Å². The lowest BCUT2D eigenvalue weighted by Gasteiger charge is -2.34. The second-order valence-electron chi connectivity index (χ2n) is 5.68. The highest BCUT2D eigenvalue weighted by atomic mass is 35.5. The molecular formula is C16H23ClN2O4S. The average molecular weight is 375 g/mol. The fourth-order valence-corrected chi connectivity index (χ4v) is 4.55. The molecule has 0 atom stereocenters. The number of methoxy groups -OCH3 is 1. The number of halogens is 1. The number of hydrogen-bond acceptors (Lipinski definition) is 4. The number of carbonyl (C=O) groups excluding carboxylic acids is 1. The zero-order chi connectivity index (χ0) is 17.7. The largest absolute Gasteiger partial charge is 0.497 e. The summed E-state index contributed by atoms with van der Waals surface area (Å²) in [6.45, 7) is 3.42. The summed E-state index contributed by atoms with van der Waals surface area (Å²) in [7, 11) is -2.18. The first kappa shape index (κ1) is 19.0. The lowest BCUT2D eigenvalue weighted by atomic mass is 10.2. The molecule has 8 heteroatoms. The van der Waals surface area contributed by atoms with E-state index in [4.69, 9.17) is 16.3 Å². The fourth-order valence-electron chi connectivity index (χ4n) is 2.62. The van der Waals surface area contributed by atoms with Crippen LogP contribution in [0.5, 0.6) is 5.75 Å². The number of piperazine rings is 1. The molecule has 0 spiro atoms. The van der Waals surface area contributed by atoms with Crippen LogP contribution in [0.1, 0.15) is 26.2 Å². The van der Waals surface area contributed by atoms with Crippen LogP contribution < -0.4 is 4.74 Å². The van der Waals surface area contributed by atoms with Crippen molar-refractivity contribution in [3.63, 3.8) is 0 Å². The van der Waals surface area contributed by atoms with Gasteiger partial charge in [-0.05, 0) is 18.6 Å². The molecule has 0 aliphatic carbocycles. The van der Waals surface area contributed by atoms with E-state index in [1.54, 1.807) is 11.0 Å². The van der Waals surface area contributed by atoms with Crippen LogP contribution in [0, 0.1) is 0 Å². The first-order valence-corrected chi connectivity index (χ1v) is 9.83. The van der Waals surface area contributed by atoms with Crippen molar-refractivity contribution in [2.24, 2.45) is 0 Å². The monoisotopic (exact) mass is 374 g/mol. The molecule has 0 radical (unpaired) electrons. The second kappa shape index (κ2) is 8.18. The number of carbonyl (C=O) groups is 1. The maximum atomic E-state index is 12.8. The van der Waals surface area contributed by atoms with Crippen molar-refractivity contribution < 1.29 is 17.9 Å². The Kier molecular flexibility index (Phi) is 6.48. The van der Waals surface area contributed by atoms with Crippen molar-refractivity contribution in [3.05, 3.63) is 23.2 Å². The Morgan fingerprint density at radius 1 is 1.25 bits per heavy atom. The molecule has 134 valence electrons. The summed E-state index contributed by atoms with van der Waals surface area (Å²) < 4.78 is 31.9. The number of unbranched alkanes of at least 4 members (excludes halogenated alkanes) is 1. The number of hydrogen-bond donors (Lipinski definition) is 0. The molecule has 1 saturated heterocycles. The lowest BCUT2D eigenvalue weighted by Crippen LogP contribution is -2.50. The van der Waals surface area contributed by atoms with Crippen LogP contribution in [0.4, 0.5) is 0 Å². The predicted octanol–water partition coefficient (Wildman–Crippen LogP) is 2.37. The van der Waals surface area contributed by atoms with Gasteiger partial charge >= 0.3 is 0 Å². The molecule has 1 aromatic rings. The van der Waals surface area contributed by atoms with E-state index in [-0.39, 0.29) is 28.9 Å². The number of ether oxygens (including phenoxy) is 1. The van der Waals surface area contributed by atoms with Gasteiger partial charge in [0.2, 0.25) is 15.9 Å². The first-order chi connectivity index (χ1) is 11.4. The van der Waals surface area contributed by atoms with Crippen molar-refractivity contribution in [1.29, 1.82) is 0 Å². The van der Waals surface area contributed by atoms with Crippen LogP contribution in [0.3, 0.4) is 0 Å². The fraction of sp³-hybridized carbons (Fsp3) is 0.562. The third-order valence-electron chi connectivity index (χ3n) is 4.09. The molecule has 1 heterocycles. The molecule has 0 saturated carbocycles. The minimum Gasteiger partial charge on any atom is -0.497 e. The Labute approximate surface area is 148 Å². The summed E-state index contributed by atoms with van der Waals surface area (Å²) >= 11 is 6.10. The second-order valence-corrected chi connectivity index (χ2v) is 8.00. The van der Waals surface area contributed by atoms with Gasteiger partial charge in [-0.2, -0.15) is 4.31 Å². The number of benzene rings is 1. The minimum absolute atomic E-state index is 0.0655. The maximum Gasteiger partial charge on any atom is 0.244 e. The topological polar surface area (TPSA) is 66.9 Å². The third kappa shape index (κ3) is 4.20. The normalized spacial score (nSPS) is 16.2. The summed E-state index contributed by atoms with van der Waals surface area (Å²) in [6, 6.07) is 4.51. The van der Waals surface area contributed by atoms with E-state index in [1.165, 1.54) is 23.5 Å². The maximum absolute atomic E-state index is 12.8. The highest BCUT2D eigenvalue weighted by Gasteiger charge is 2.31. The van der Waals surface area contributed by atoms with E-state index in [1.807, 2.05) is 6.92 Å². The zero-order valence-corrected chi connectivity index (χ0v) is 15.6. The molecule has 0 bridgehead atoms. The van der Waals surface area contributed by atoms with Crippen LogP contribution in [0.2, 0.25) is 5.02 Å². The smallest absolute Gasteiger partial charge is 0.244 e. The van der Waals surface area contributed by atoms with Crippen LogP contribution >= 0.6 is 11.6 Å². The molecule has 1 amide bonds. The molecule has 6 nitrogen and oxygen atoms in total. The highest BCUT2D eigenvalue weighted by Crippen LogP contribution is 2.29. The molecule has 0 aromatic heterocycles.